The predicted octanol–water partition coefficient (Wildman–Crippen LogP) is 2.78. The molecule has 0 bridgehead atoms. The van der Waals surface area contributed by atoms with Crippen molar-refractivity contribution in [1.82, 2.24) is 15.1 Å². The lowest BCUT2D eigenvalue weighted by Crippen LogP contribution is -2.29. The molecule has 3 aromatic rings. The van der Waals surface area contributed by atoms with Gasteiger partial charge in [0.05, 0.1) is 6.61 Å². The molecule has 3 rings (SSSR count). The Bertz CT molecular complexity index is 854. The lowest BCUT2D eigenvalue weighted by molar-refractivity contribution is 0.0767. The van der Waals surface area contributed by atoms with Crippen LogP contribution in [0.1, 0.15) is 15.9 Å². The summed E-state index contributed by atoms with van der Waals surface area (Å²) in [6.45, 7) is 2.25. The fourth-order valence-electron chi connectivity index (χ4n) is 2.38. The average Bonchev–Trinajstić information content (AvgIpc) is 3.12. The van der Waals surface area contributed by atoms with Crippen molar-refractivity contribution >= 4 is 5.91 Å². The van der Waals surface area contributed by atoms with Crippen LogP contribution in [0, 0.1) is 6.92 Å². The summed E-state index contributed by atoms with van der Waals surface area (Å²) in [6, 6.07) is 14.8. The Hall–Kier alpha value is -2.99. The van der Waals surface area contributed by atoms with Gasteiger partial charge in [0.2, 0.25) is 11.8 Å². The van der Waals surface area contributed by atoms with Crippen molar-refractivity contribution in [1.29, 1.82) is 0 Å². The Morgan fingerprint density at radius 1 is 1.00 bits per heavy atom. The van der Waals surface area contributed by atoms with E-state index < -0.39 is 0 Å². The molecule has 0 aliphatic carbocycles. The number of aryl methyl sites for hydroxylation is 1. The minimum atomic E-state index is -0.147. The maximum atomic E-state index is 12.2. The zero-order chi connectivity index (χ0) is 17.8. The van der Waals surface area contributed by atoms with Crippen LogP contribution in [0.2, 0.25) is 0 Å². The SMILES string of the molecule is Cc1ccc(-c2nnc(-c3ccc(C(=O)N(C)CCO)cc3)o2)cc1. The average molecular weight is 337 g/mol. The minimum Gasteiger partial charge on any atom is -0.416 e. The van der Waals surface area contributed by atoms with Crippen molar-refractivity contribution in [2.45, 2.75) is 6.92 Å². The van der Waals surface area contributed by atoms with E-state index >= 15 is 0 Å². The van der Waals surface area contributed by atoms with Crippen molar-refractivity contribution in [3.8, 4) is 22.9 Å². The van der Waals surface area contributed by atoms with Crippen LogP contribution >= 0.6 is 0 Å². The highest BCUT2D eigenvalue weighted by Crippen LogP contribution is 2.24. The first-order valence-electron chi connectivity index (χ1n) is 7.96. The molecule has 0 aliphatic heterocycles. The number of hydrogen-bond donors (Lipinski definition) is 1. The van der Waals surface area contributed by atoms with E-state index in [2.05, 4.69) is 10.2 Å². The van der Waals surface area contributed by atoms with Crippen molar-refractivity contribution in [3.05, 3.63) is 59.7 Å². The molecule has 128 valence electrons. The molecule has 0 fully saturated rings. The van der Waals surface area contributed by atoms with Crippen molar-refractivity contribution in [2.24, 2.45) is 0 Å². The van der Waals surface area contributed by atoms with Crippen LogP contribution in [0.5, 0.6) is 0 Å². The Morgan fingerprint density at radius 3 is 2.04 bits per heavy atom. The smallest absolute Gasteiger partial charge is 0.253 e. The van der Waals surface area contributed by atoms with Gasteiger partial charge in [-0.1, -0.05) is 17.7 Å². The second kappa shape index (κ2) is 7.27. The third kappa shape index (κ3) is 3.75. The Kier molecular flexibility index (Phi) is 4.90. The zero-order valence-electron chi connectivity index (χ0n) is 14.1. The second-order valence-electron chi connectivity index (χ2n) is 5.81. The highest BCUT2D eigenvalue weighted by Gasteiger charge is 2.13. The number of aliphatic hydroxyl groups excluding tert-OH is 1. The summed E-state index contributed by atoms with van der Waals surface area (Å²) in [4.78, 5) is 13.6. The van der Waals surface area contributed by atoms with Crippen molar-refractivity contribution in [2.75, 3.05) is 20.2 Å². The van der Waals surface area contributed by atoms with E-state index in [9.17, 15) is 4.79 Å². The van der Waals surface area contributed by atoms with E-state index in [-0.39, 0.29) is 12.5 Å². The van der Waals surface area contributed by atoms with Gasteiger partial charge in [-0.05, 0) is 43.3 Å². The number of aromatic nitrogens is 2. The molecule has 1 heterocycles. The van der Waals surface area contributed by atoms with Crippen LogP contribution in [-0.4, -0.2) is 46.3 Å². The highest BCUT2D eigenvalue weighted by molar-refractivity contribution is 5.94. The van der Waals surface area contributed by atoms with Gasteiger partial charge in [0.25, 0.3) is 5.91 Å². The van der Waals surface area contributed by atoms with E-state index in [0.717, 1.165) is 16.7 Å². The van der Waals surface area contributed by atoms with E-state index in [1.165, 1.54) is 4.90 Å². The Morgan fingerprint density at radius 2 is 1.52 bits per heavy atom. The molecule has 0 radical (unpaired) electrons. The maximum absolute atomic E-state index is 12.2. The van der Waals surface area contributed by atoms with E-state index in [1.807, 2.05) is 31.2 Å². The number of nitrogens with zero attached hydrogens (tertiary/aromatic N) is 3. The summed E-state index contributed by atoms with van der Waals surface area (Å²) < 4.78 is 5.73. The van der Waals surface area contributed by atoms with Gasteiger partial charge < -0.3 is 14.4 Å². The number of aliphatic hydroxyl groups is 1. The quantitative estimate of drug-likeness (QED) is 0.774. The number of benzene rings is 2. The molecule has 1 amide bonds. The van der Waals surface area contributed by atoms with Crippen molar-refractivity contribution in [3.63, 3.8) is 0 Å². The monoisotopic (exact) mass is 337 g/mol. The van der Waals surface area contributed by atoms with Gasteiger partial charge in [0.15, 0.2) is 0 Å². The number of amides is 1. The van der Waals surface area contributed by atoms with Gasteiger partial charge in [0.1, 0.15) is 0 Å². The first-order valence-corrected chi connectivity index (χ1v) is 7.96. The number of rotatable bonds is 5. The topological polar surface area (TPSA) is 79.5 Å². The standard InChI is InChI=1S/C19H19N3O3/c1-13-3-5-14(6-4-13)17-20-21-18(25-17)15-7-9-16(10-8-15)19(24)22(2)11-12-23/h3-10,23H,11-12H2,1-2H3. The molecule has 6 nitrogen and oxygen atoms in total. The molecule has 0 saturated carbocycles. The fraction of sp³-hybridized carbons (Fsp3) is 0.211. The van der Waals surface area contributed by atoms with Crippen molar-refractivity contribution < 1.29 is 14.3 Å². The molecule has 0 aliphatic rings. The highest BCUT2D eigenvalue weighted by atomic mass is 16.4. The normalized spacial score (nSPS) is 10.7. The molecule has 0 atom stereocenters. The summed E-state index contributed by atoms with van der Waals surface area (Å²) >= 11 is 0. The molecule has 6 heteroatoms. The number of likely N-dealkylation sites (N-methyl/N-ethyl adjacent to an activating group) is 1. The summed E-state index contributed by atoms with van der Waals surface area (Å²) in [5.41, 5.74) is 3.31. The zero-order valence-corrected chi connectivity index (χ0v) is 14.1. The van der Waals surface area contributed by atoms with Gasteiger partial charge in [-0.25, -0.2) is 0 Å². The second-order valence-corrected chi connectivity index (χ2v) is 5.81. The molecule has 0 saturated heterocycles. The number of hydrogen-bond acceptors (Lipinski definition) is 5. The molecule has 25 heavy (non-hydrogen) atoms. The number of carbonyl (C=O) groups is 1. The van der Waals surface area contributed by atoms with Gasteiger partial charge in [-0.2, -0.15) is 0 Å². The summed E-state index contributed by atoms with van der Waals surface area (Å²) in [7, 11) is 1.65. The molecular formula is C19H19N3O3. The molecule has 2 aromatic carbocycles. The largest absolute Gasteiger partial charge is 0.416 e. The van der Waals surface area contributed by atoms with E-state index in [4.69, 9.17) is 9.52 Å². The van der Waals surface area contributed by atoms with Gasteiger partial charge in [0, 0.05) is 30.3 Å². The molecule has 1 aromatic heterocycles. The lowest BCUT2D eigenvalue weighted by Gasteiger charge is -2.15. The minimum absolute atomic E-state index is 0.0654. The van der Waals surface area contributed by atoms with E-state index in [0.29, 0.717) is 23.9 Å². The number of carbonyl (C=O) groups excluding carboxylic acids is 1. The van der Waals surface area contributed by atoms with Crippen LogP contribution in [-0.2, 0) is 0 Å². The molecule has 0 unspecified atom stereocenters. The van der Waals surface area contributed by atoms with Crippen LogP contribution in [0.3, 0.4) is 0 Å². The van der Waals surface area contributed by atoms with Gasteiger partial charge >= 0.3 is 0 Å². The van der Waals surface area contributed by atoms with Gasteiger partial charge in [-0.15, -0.1) is 10.2 Å². The molecule has 1 N–H and O–H groups in total. The fourth-order valence-corrected chi connectivity index (χ4v) is 2.38. The van der Waals surface area contributed by atoms with Crippen LogP contribution in [0.4, 0.5) is 0 Å². The lowest BCUT2D eigenvalue weighted by atomic mass is 10.1. The third-order valence-corrected chi connectivity index (χ3v) is 3.88. The maximum Gasteiger partial charge on any atom is 0.253 e. The van der Waals surface area contributed by atoms with Crippen LogP contribution in [0.25, 0.3) is 22.9 Å². The summed E-state index contributed by atoms with van der Waals surface area (Å²) in [5, 5.41) is 17.1. The third-order valence-electron chi connectivity index (χ3n) is 3.88. The van der Waals surface area contributed by atoms with E-state index in [1.54, 1.807) is 31.3 Å². The van der Waals surface area contributed by atoms with Crippen LogP contribution in [0.15, 0.2) is 52.9 Å². The Balaban J connectivity index is 1.79. The summed E-state index contributed by atoms with van der Waals surface area (Å²) in [5.74, 6) is 0.711. The van der Waals surface area contributed by atoms with Crippen LogP contribution < -0.4 is 0 Å². The molecule has 0 spiro atoms. The Labute approximate surface area is 145 Å². The first-order chi connectivity index (χ1) is 12.1. The van der Waals surface area contributed by atoms with Gasteiger partial charge in [-0.3, -0.25) is 4.79 Å². The predicted molar refractivity (Wildman–Crippen MR) is 94.0 cm³/mol. The first kappa shape index (κ1) is 16.9. The molecular weight excluding hydrogens is 318 g/mol. The summed E-state index contributed by atoms with van der Waals surface area (Å²) in [6.07, 6.45) is 0.